The van der Waals surface area contributed by atoms with Crippen LogP contribution >= 0.6 is 0 Å². The van der Waals surface area contributed by atoms with E-state index in [0.717, 1.165) is 44.9 Å². The Hall–Kier alpha value is -1.63. The summed E-state index contributed by atoms with van der Waals surface area (Å²) in [5.41, 5.74) is 0. The van der Waals surface area contributed by atoms with E-state index >= 15 is 0 Å². The zero-order chi connectivity index (χ0) is 15.4. The predicted molar refractivity (Wildman–Crippen MR) is 94.0 cm³/mol. The van der Waals surface area contributed by atoms with Gasteiger partial charge in [-0.15, -0.1) is 0 Å². The lowest BCUT2D eigenvalue weighted by Crippen LogP contribution is -1.73. The number of unbranched alkanes of at least 4 members (excludes halogenated alkanes) is 2. The van der Waals surface area contributed by atoms with Crippen molar-refractivity contribution in [2.24, 2.45) is 0 Å². The van der Waals surface area contributed by atoms with E-state index in [1.165, 1.54) is 0 Å². The van der Waals surface area contributed by atoms with Crippen molar-refractivity contribution >= 4 is 6.29 Å². The van der Waals surface area contributed by atoms with Crippen LogP contribution in [0.5, 0.6) is 0 Å². The summed E-state index contributed by atoms with van der Waals surface area (Å²) >= 11 is 0. The first-order valence-electron chi connectivity index (χ1n) is 8.01. The van der Waals surface area contributed by atoms with Crippen molar-refractivity contribution in [1.29, 1.82) is 0 Å². The van der Waals surface area contributed by atoms with Crippen molar-refractivity contribution in [3.63, 3.8) is 0 Å². The molecule has 0 amide bonds. The Labute approximate surface area is 130 Å². The van der Waals surface area contributed by atoms with E-state index in [0.29, 0.717) is 6.42 Å². The lowest BCUT2D eigenvalue weighted by Gasteiger charge is -1.87. The van der Waals surface area contributed by atoms with Gasteiger partial charge < -0.3 is 0 Å². The van der Waals surface area contributed by atoms with Crippen molar-refractivity contribution in [3.8, 4) is 0 Å². The minimum Gasteiger partial charge on any atom is -0.291 e. The van der Waals surface area contributed by atoms with Crippen LogP contribution in [0.4, 0.5) is 0 Å². The van der Waals surface area contributed by atoms with E-state index in [9.17, 15) is 4.79 Å². The molecule has 0 aliphatic carbocycles. The molecule has 0 aliphatic heterocycles. The molecule has 0 bridgehead atoms. The maximum absolute atomic E-state index is 9.99. The third-order valence-electron chi connectivity index (χ3n) is 2.81. The minimum absolute atomic E-state index is 0.550. The monoisotopic (exact) mass is 285 g/mol. The van der Waals surface area contributed by atoms with Gasteiger partial charge in [-0.1, -0.05) is 67.7 Å². The maximum atomic E-state index is 9.99. The fourth-order valence-corrected chi connectivity index (χ4v) is 1.66. The summed E-state index contributed by atoms with van der Waals surface area (Å²) in [6, 6.07) is 0. The summed E-state index contributed by atoms with van der Waals surface area (Å²) in [6.07, 6.45) is 31.4. The Bertz CT molecular complexity index is 356. The number of hydrogen-bond donors (Lipinski definition) is 0. The Balaban J connectivity index is 3.43. The van der Waals surface area contributed by atoms with Gasteiger partial charge in [0.1, 0.15) is 0 Å². The summed E-state index contributed by atoms with van der Waals surface area (Å²) in [6.45, 7) is 2.15. The lowest BCUT2D eigenvalue weighted by atomic mass is 10.2. The Morgan fingerprint density at radius 1 is 0.667 bits per heavy atom. The first-order chi connectivity index (χ1) is 10.4. The minimum atomic E-state index is 0.550. The van der Waals surface area contributed by atoms with E-state index in [1.807, 2.05) is 6.29 Å². The summed E-state index contributed by atoms with van der Waals surface area (Å²) in [4.78, 5) is 9.99. The fourth-order valence-electron chi connectivity index (χ4n) is 1.66. The smallest absolute Gasteiger partial charge is 0.198 e. The van der Waals surface area contributed by atoms with E-state index in [-0.39, 0.29) is 0 Å². The molecular formula is C20H29O. The van der Waals surface area contributed by atoms with Gasteiger partial charge in [-0.25, -0.2) is 0 Å². The van der Waals surface area contributed by atoms with E-state index in [4.69, 9.17) is 0 Å². The first-order valence-corrected chi connectivity index (χ1v) is 8.01. The van der Waals surface area contributed by atoms with Crippen molar-refractivity contribution in [2.75, 3.05) is 0 Å². The maximum Gasteiger partial charge on any atom is 0.198 e. The standard InChI is InChI=1S/C20H29O/c1-2-3-4-5-6-7-8-9-10-11-12-13-14-15-16-17-18-19-20-21/h3-4,6-7,9-10,12-13,15-16H,2,5,8,11,14,17-19H2,1H3/b4-3-,7-6-,10-9-,13-12-,16-15-. The van der Waals surface area contributed by atoms with Crippen LogP contribution in [0.3, 0.4) is 0 Å². The third kappa shape index (κ3) is 18.4. The average Bonchev–Trinajstić information content (AvgIpc) is 2.50. The molecule has 0 aromatic heterocycles. The molecule has 0 spiro atoms. The fraction of sp³-hybridized carbons (Fsp3) is 0.450. The molecule has 0 aromatic rings. The second-order valence-electron chi connectivity index (χ2n) is 4.74. The van der Waals surface area contributed by atoms with Gasteiger partial charge in [-0.2, -0.15) is 0 Å². The quantitative estimate of drug-likeness (QED) is 0.299. The van der Waals surface area contributed by atoms with E-state index < -0.39 is 0 Å². The Morgan fingerprint density at radius 2 is 1.10 bits per heavy atom. The van der Waals surface area contributed by atoms with Crippen LogP contribution in [0, 0.1) is 0 Å². The lowest BCUT2D eigenvalue weighted by molar-refractivity contribution is 0.549. The van der Waals surface area contributed by atoms with Gasteiger partial charge in [0.05, 0.1) is 0 Å². The molecule has 0 heterocycles. The molecule has 0 saturated carbocycles. The third-order valence-corrected chi connectivity index (χ3v) is 2.81. The summed E-state index contributed by atoms with van der Waals surface area (Å²) in [5, 5.41) is 0. The van der Waals surface area contributed by atoms with Gasteiger partial charge in [0.15, 0.2) is 6.29 Å². The van der Waals surface area contributed by atoms with Gasteiger partial charge in [-0.3, -0.25) is 4.79 Å². The van der Waals surface area contributed by atoms with Gasteiger partial charge >= 0.3 is 0 Å². The summed E-state index contributed by atoms with van der Waals surface area (Å²) in [5.74, 6) is 0. The highest BCUT2D eigenvalue weighted by molar-refractivity contribution is 5.50. The first kappa shape index (κ1) is 19.4. The highest BCUT2D eigenvalue weighted by Crippen LogP contribution is 1.97. The average molecular weight is 285 g/mol. The highest BCUT2D eigenvalue weighted by Gasteiger charge is 1.81. The Kier molecular flexibility index (Phi) is 16.9. The van der Waals surface area contributed by atoms with E-state index in [2.05, 4.69) is 67.7 Å². The topological polar surface area (TPSA) is 17.1 Å². The van der Waals surface area contributed by atoms with Crippen LogP contribution in [-0.4, -0.2) is 6.29 Å². The van der Waals surface area contributed by atoms with Crippen LogP contribution < -0.4 is 0 Å². The van der Waals surface area contributed by atoms with Gasteiger partial charge in [-0.05, 0) is 44.9 Å². The van der Waals surface area contributed by atoms with Crippen LogP contribution in [-0.2, 0) is 4.79 Å². The molecule has 0 unspecified atom stereocenters. The van der Waals surface area contributed by atoms with Crippen molar-refractivity contribution in [1.82, 2.24) is 0 Å². The molecule has 0 atom stereocenters. The largest absolute Gasteiger partial charge is 0.291 e. The summed E-state index contributed by atoms with van der Waals surface area (Å²) in [7, 11) is 0. The molecule has 1 heteroatoms. The van der Waals surface area contributed by atoms with Gasteiger partial charge in [0, 0.05) is 6.42 Å². The van der Waals surface area contributed by atoms with E-state index in [1.54, 1.807) is 0 Å². The van der Waals surface area contributed by atoms with Crippen LogP contribution in [0.15, 0.2) is 60.8 Å². The Morgan fingerprint density at radius 3 is 1.52 bits per heavy atom. The highest BCUT2D eigenvalue weighted by atomic mass is 16.1. The predicted octanol–water partition coefficient (Wildman–Crippen LogP) is 6.02. The molecule has 0 rings (SSSR count). The van der Waals surface area contributed by atoms with Gasteiger partial charge in [0.25, 0.3) is 0 Å². The molecule has 0 aliphatic rings. The summed E-state index contributed by atoms with van der Waals surface area (Å²) < 4.78 is 0. The van der Waals surface area contributed by atoms with Crippen molar-refractivity contribution in [3.05, 3.63) is 60.8 Å². The van der Waals surface area contributed by atoms with Crippen molar-refractivity contribution in [2.45, 2.75) is 58.3 Å². The molecular weight excluding hydrogens is 256 g/mol. The van der Waals surface area contributed by atoms with Crippen LogP contribution in [0.2, 0.25) is 0 Å². The second kappa shape index (κ2) is 18.4. The zero-order valence-corrected chi connectivity index (χ0v) is 13.3. The number of hydrogen-bond acceptors (Lipinski definition) is 1. The van der Waals surface area contributed by atoms with Crippen LogP contribution in [0.1, 0.15) is 58.3 Å². The normalized spacial score (nSPS) is 12.8. The molecule has 0 N–H and O–H groups in total. The molecule has 0 saturated heterocycles. The van der Waals surface area contributed by atoms with Gasteiger partial charge in [0.2, 0.25) is 0 Å². The molecule has 1 nitrogen and oxygen atoms in total. The molecule has 21 heavy (non-hydrogen) atoms. The molecule has 115 valence electrons. The molecule has 0 fully saturated rings. The molecule has 1 radical (unpaired) electrons. The number of rotatable bonds is 13. The van der Waals surface area contributed by atoms with Crippen LogP contribution in [0.25, 0.3) is 0 Å². The zero-order valence-electron chi connectivity index (χ0n) is 13.3. The number of allylic oxidation sites excluding steroid dienone is 10. The SMILES string of the molecule is CC/C=C\C/C=C\C/C=C\C/C=C\C/C=C\CCC[C]=O. The second-order valence-corrected chi connectivity index (χ2v) is 4.74. The number of carbonyl (C=O) groups excluding carboxylic acids is 1. The van der Waals surface area contributed by atoms with Crippen molar-refractivity contribution < 1.29 is 4.79 Å². The molecule has 0 aromatic carbocycles.